The molecule has 0 radical (unpaired) electrons. The molecule has 0 N–H and O–H groups in total. The van der Waals surface area contributed by atoms with Crippen molar-refractivity contribution < 1.29 is 14.0 Å². The molecule has 3 aromatic rings. The van der Waals surface area contributed by atoms with Crippen molar-refractivity contribution >= 4 is 23.3 Å². The Kier molecular flexibility index (Phi) is 5.65. The van der Waals surface area contributed by atoms with Crippen molar-refractivity contribution in [2.75, 3.05) is 44.2 Å². The second-order valence-corrected chi connectivity index (χ2v) is 8.67. The van der Waals surface area contributed by atoms with Crippen molar-refractivity contribution in [3.8, 4) is 0 Å². The number of aryl methyl sites for hydroxylation is 1. The average Bonchev–Trinajstić information content (AvgIpc) is 3.33. The summed E-state index contributed by atoms with van der Waals surface area (Å²) >= 11 is 0. The van der Waals surface area contributed by atoms with Gasteiger partial charge in [0.1, 0.15) is 18.0 Å². The van der Waals surface area contributed by atoms with Crippen LogP contribution >= 0.6 is 0 Å². The molecular weight excluding hydrogens is 425 g/mol. The molecule has 2 aromatic heterocycles. The van der Waals surface area contributed by atoms with Crippen LogP contribution in [0.4, 0.5) is 10.2 Å². The van der Waals surface area contributed by atoms with E-state index in [4.69, 9.17) is 0 Å². The van der Waals surface area contributed by atoms with Crippen LogP contribution in [0.1, 0.15) is 28.8 Å². The van der Waals surface area contributed by atoms with Crippen LogP contribution in [0.3, 0.4) is 0 Å². The highest BCUT2D eigenvalue weighted by Crippen LogP contribution is 2.24. The molecule has 0 spiro atoms. The standard InChI is InChI=1S/C23H26FN7O2/c1-16-2-3-18(14-19(16)24)23(33)30-12-10-29(11-13-30)22(32)17-6-8-28(9-7-17)21-5-4-20-26-25-15-31(20)27-21/h2-5,14-15,17H,6-13H2,1H3. The molecule has 2 fully saturated rings. The van der Waals surface area contributed by atoms with E-state index >= 15 is 0 Å². The van der Waals surface area contributed by atoms with Gasteiger partial charge in [0.25, 0.3) is 5.91 Å². The lowest BCUT2D eigenvalue weighted by Gasteiger charge is -2.38. The maximum atomic E-state index is 13.8. The molecular formula is C23H26FN7O2. The monoisotopic (exact) mass is 451 g/mol. The lowest BCUT2D eigenvalue weighted by molar-refractivity contribution is -0.137. The Balaban J connectivity index is 1.14. The number of nitrogens with zero attached hydrogens (tertiary/aromatic N) is 7. The summed E-state index contributed by atoms with van der Waals surface area (Å²) < 4.78 is 15.5. The molecule has 2 aliphatic rings. The minimum Gasteiger partial charge on any atom is -0.355 e. The molecule has 0 saturated carbocycles. The van der Waals surface area contributed by atoms with Gasteiger partial charge in [-0.2, -0.15) is 4.52 Å². The molecule has 2 saturated heterocycles. The molecule has 1 aromatic carbocycles. The van der Waals surface area contributed by atoms with Crippen molar-refractivity contribution in [3.05, 3.63) is 53.6 Å². The lowest BCUT2D eigenvalue weighted by Crippen LogP contribution is -2.53. The fraction of sp³-hybridized carbons (Fsp3) is 0.435. The number of aromatic nitrogens is 4. The first-order chi connectivity index (χ1) is 16.0. The van der Waals surface area contributed by atoms with Gasteiger partial charge in [0.2, 0.25) is 5.91 Å². The number of halogens is 1. The van der Waals surface area contributed by atoms with Crippen molar-refractivity contribution in [1.82, 2.24) is 29.6 Å². The number of anilines is 1. The van der Waals surface area contributed by atoms with E-state index in [0.29, 0.717) is 43.0 Å². The Bertz CT molecular complexity index is 1180. The van der Waals surface area contributed by atoms with Crippen LogP contribution < -0.4 is 4.90 Å². The minimum atomic E-state index is -0.377. The van der Waals surface area contributed by atoms with Crippen LogP contribution in [-0.4, -0.2) is 80.7 Å². The molecule has 0 bridgehead atoms. The SMILES string of the molecule is Cc1ccc(C(=O)N2CCN(C(=O)C3CCN(c4ccc5nncn5n4)CC3)CC2)cc1F. The molecule has 172 valence electrons. The summed E-state index contributed by atoms with van der Waals surface area (Å²) in [6, 6.07) is 8.39. The number of carbonyl (C=O) groups is 2. The van der Waals surface area contributed by atoms with E-state index in [1.165, 1.54) is 6.07 Å². The number of piperidine rings is 1. The molecule has 0 atom stereocenters. The van der Waals surface area contributed by atoms with E-state index in [9.17, 15) is 14.0 Å². The Labute approximate surface area is 190 Å². The van der Waals surface area contributed by atoms with Gasteiger partial charge < -0.3 is 14.7 Å². The average molecular weight is 452 g/mol. The van der Waals surface area contributed by atoms with Gasteiger partial charge in [-0.1, -0.05) is 6.07 Å². The summed E-state index contributed by atoms with van der Waals surface area (Å²) in [5.41, 5.74) is 1.57. The van der Waals surface area contributed by atoms with Crippen LogP contribution in [0.2, 0.25) is 0 Å². The largest absolute Gasteiger partial charge is 0.355 e. The number of piperazine rings is 1. The molecule has 9 nitrogen and oxygen atoms in total. The second kappa shape index (κ2) is 8.76. The van der Waals surface area contributed by atoms with Crippen LogP contribution in [-0.2, 0) is 4.79 Å². The number of rotatable bonds is 3. The molecule has 33 heavy (non-hydrogen) atoms. The fourth-order valence-electron chi connectivity index (χ4n) is 4.54. The van der Waals surface area contributed by atoms with Gasteiger partial charge in [0.15, 0.2) is 5.65 Å². The quantitative estimate of drug-likeness (QED) is 0.603. The summed E-state index contributed by atoms with van der Waals surface area (Å²) in [6.07, 6.45) is 3.11. The highest BCUT2D eigenvalue weighted by atomic mass is 19.1. The topological polar surface area (TPSA) is 86.9 Å². The van der Waals surface area contributed by atoms with Crippen LogP contribution in [0.25, 0.3) is 5.65 Å². The predicted octanol–water partition coefficient (Wildman–Crippen LogP) is 1.77. The smallest absolute Gasteiger partial charge is 0.254 e. The van der Waals surface area contributed by atoms with E-state index in [2.05, 4.69) is 20.2 Å². The third-order valence-corrected chi connectivity index (χ3v) is 6.61. The van der Waals surface area contributed by atoms with Crippen molar-refractivity contribution in [1.29, 1.82) is 0 Å². The van der Waals surface area contributed by atoms with Gasteiger partial charge in [-0.15, -0.1) is 15.3 Å². The summed E-state index contributed by atoms with van der Waals surface area (Å²) in [7, 11) is 0. The van der Waals surface area contributed by atoms with Crippen molar-refractivity contribution in [3.63, 3.8) is 0 Å². The van der Waals surface area contributed by atoms with Gasteiger partial charge in [0, 0.05) is 50.7 Å². The first-order valence-corrected chi connectivity index (χ1v) is 11.3. The predicted molar refractivity (Wildman–Crippen MR) is 119 cm³/mol. The van der Waals surface area contributed by atoms with Gasteiger partial charge in [0.05, 0.1) is 0 Å². The second-order valence-electron chi connectivity index (χ2n) is 8.67. The van der Waals surface area contributed by atoms with Gasteiger partial charge in [-0.05, 0) is 49.6 Å². The third-order valence-electron chi connectivity index (χ3n) is 6.61. The molecule has 2 amide bonds. The third kappa shape index (κ3) is 4.24. The molecule has 4 heterocycles. The Morgan fingerprint density at radius 2 is 1.70 bits per heavy atom. The molecule has 5 rings (SSSR count). The first-order valence-electron chi connectivity index (χ1n) is 11.3. The highest BCUT2D eigenvalue weighted by molar-refractivity contribution is 5.94. The number of benzene rings is 1. The molecule has 0 aliphatic carbocycles. The Hall–Kier alpha value is -3.56. The van der Waals surface area contributed by atoms with Gasteiger partial charge in [-0.3, -0.25) is 9.59 Å². The fourth-order valence-corrected chi connectivity index (χ4v) is 4.54. The maximum Gasteiger partial charge on any atom is 0.254 e. The van der Waals surface area contributed by atoms with Crippen molar-refractivity contribution in [2.45, 2.75) is 19.8 Å². The van der Waals surface area contributed by atoms with E-state index in [1.807, 2.05) is 17.0 Å². The minimum absolute atomic E-state index is 0.0201. The number of hydrogen-bond acceptors (Lipinski definition) is 6. The summed E-state index contributed by atoms with van der Waals surface area (Å²) in [6.45, 7) is 5.12. The molecule has 2 aliphatic heterocycles. The van der Waals surface area contributed by atoms with Crippen LogP contribution in [0.15, 0.2) is 36.7 Å². The zero-order chi connectivity index (χ0) is 22.9. The summed E-state index contributed by atoms with van der Waals surface area (Å²) in [4.78, 5) is 31.5. The number of carbonyl (C=O) groups excluding carboxylic acids is 2. The van der Waals surface area contributed by atoms with E-state index < -0.39 is 0 Å². The molecule has 10 heteroatoms. The van der Waals surface area contributed by atoms with E-state index in [-0.39, 0.29) is 23.5 Å². The van der Waals surface area contributed by atoms with Crippen molar-refractivity contribution in [2.24, 2.45) is 5.92 Å². The first kappa shape index (κ1) is 21.3. The summed E-state index contributed by atoms with van der Waals surface area (Å²) in [5.74, 6) is 0.427. The Morgan fingerprint density at radius 1 is 0.970 bits per heavy atom. The molecule has 0 unspecified atom stereocenters. The van der Waals surface area contributed by atoms with Crippen LogP contribution in [0, 0.1) is 18.7 Å². The zero-order valence-electron chi connectivity index (χ0n) is 18.5. The maximum absolute atomic E-state index is 13.8. The number of hydrogen-bond donors (Lipinski definition) is 0. The normalized spacial score (nSPS) is 17.6. The Morgan fingerprint density at radius 3 is 2.42 bits per heavy atom. The van der Waals surface area contributed by atoms with Gasteiger partial charge >= 0.3 is 0 Å². The zero-order valence-corrected chi connectivity index (χ0v) is 18.5. The van der Waals surface area contributed by atoms with E-state index in [1.54, 1.807) is 34.8 Å². The number of fused-ring (bicyclic) bond motifs is 1. The van der Waals surface area contributed by atoms with Crippen LogP contribution in [0.5, 0.6) is 0 Å². The van der Waals surface area contributed by atoms with E-state index in [0.717, 1.165) is 31.7 Å². The lowest BCUT2D eigenvalue weighted by atomic mass is 9.95. The van der Waals surface area contributed by atoms with Gasteiger partial charge in [-0.25, -0.2) is 4.39 Å². The highest BCUT2D eigenvalue weighted by Gasteiger charge is 2.32. The number of amides is 2. The summed E-state index contributed by atoms with van der Waals surface area (Å²) in [5, 5.41) is 12.4.